The van der Waals surface area contributed by atoms with Crippen molar-refractivity contribution in [3.63, 3.8) is 0 Å². The minimum absolute atomic E-state index is 0.245. The largest absolute Gasteiger partial charge is 0.396 e. The van der Waals surface area contributed by atoms with E-state index in [4.69, 9.17) is 17.3 Å². The lowest BCUT2D eigenvalue weighted by molar-refractivity contribution is 0.627. The number of benzene rings is 1. The Hall–Kier alpha value is -1.81. The van der Waals surface area contributed by atoms with Crippen molar-refractivity contribution in [1.29, 1.82) is 0 Å². The van der Waals surface area contributed by atoms with Crippen molar-refractivity contribution in [2.45, 2.75) is 6.54 Å². The van der Waals surface area contributed by atoms with Gasteiger partial charge in [-0.1, -0.05) is 23.7 Å². The third kappa shape index (κ3) is 2.90. The van der Waals surface area contributed by atoms with Crippen LogP contribution in [0.5, 0.6) is 0 Å². The number of hydrogen-bond acceptors (Lipinski definition) is 3. The maximum atomic E-state index is 12.8. The van der Waals surface area contributed by atoms with E-state index in [0.717, 1.165) is 5.56 Å². The molecule has 1 aromatic heterocycles. The smallest absolute Gasteiger partial charge is 0.151 e. The maximum absolute atomic E-state index is 12.8. The average molecular weight is 266 g/mol. The van der Waals surface area contributed by atoms with E-state index in [1.807, 2.05) is 11.9 Å². The molecule has 0 fully saturated rings. The van der Waals surface area contributed by atoms with Crippen LogP contribution in [-0.2, 0) is 6.54 Å². The van der Waals surface area contributed by atoms with Gasteiger partial charge in [-0.25, -0.2) is 9.37 Å². The average Bonchev–Trinajstić information content (AvgIpc) is 2.32. The van der Waals surface area contributed by atoms with Crippen LogP contribution < -0.4 is 10.6 Å². The number of nitrogens with two attached hydrogens (primary N) is 1. The molecule has 2 aromatic rings. The molecule has 0 aliphatic rings. The van der Waals surface area contributed by atoms with Gasteiger partial charge in [-0.3, -0.25) is 0 Å². The van der Waals surface area contributed by atoms with Gasteiger partial charge in [0, 0.05) is 19.8 Å². The summed E-state index contributed by atoms with van der Waals surface area (Å²) in [7, 11) is 1.87. The standard InChI is InChI=1S/C13H13ClFN3/c1-18(8-9-2-4-11(15)5-3-9)13-12(16)6-10(14)7-17-13/h2-7H,8,16H2,1H3. The predicted molar refractivity (Wildman–Crippen MR) is 72.2 cm³/mol. The van der Waals surface area contributed by atoms with Crippen molar-refractivity contribution in [1.82, 2.24) is 4.98 Å². The summed E-state index contributed by atoms with van der Waals surface area (Å²) in [4.78, 5) is 6.07. The monoisotopic (exact) mass is 265 g/mol. The highest BCUT2D eigenvalue weighted by atomic mass is 35.5. The third-order valence-electron chi connectivity index (χ3n) is 2.56. The fourth-order valence-electron chi connectivity index (χ4n) is 1.71. The summed E-state index contributed by atoms with van der Waals surface area (Å²) in [6.07, 6.45) is 1.55. The fourth-order valence-corrected chi connectivity index (χ4v) is 1.87. The molecule has 2 rings (SSSR count). The second-order valence-electron chi connectivity index (χ2n) is 4.05. The number of pyridine rings is 1. The molecule has 3 nitrogen and oxygen atoms in total. The van der Waals surface area contributed by atoms with Crippen LogP contribution in [0.15, 0.2) is 36.5 Å². The van der Waals surface area contributed by atoms with Gasteiger partial charge in [0.1, 0.15) is 5.82 Å². The number of aromatic nitrogens is 1. The zero-order valence-corrected chi connectivity index (χ0v) is 10.7. The molecule has 94 valence electrons. The number of nitrogen functional groups attached to an aromatic ring is 1. The zero-order chi connectivity index (χ0) is 13.1. The Morgan fingerprint density at radius 2 is 2.00 bits per heavy atom. The van der Waals surface area contributed by atoms with Crippen LogP contribution in [0.3, 0.4) is 0 Å². The van der Waals surface area contributed by atoms with E-state index in [0.29, 0.717) is 23.1 Å². The summed E-state index contributed by atoms with van der Waals surface area (Å²) in [5, 5.41) is 0.506. The molecule has 0 saturated heterocycles. The zero-order valence-electron chi connectivity index (χ0n) is 9.90. The lowest BCUT2D eigenvalue weighted by Gasteiger charge is -2.19. The molecule has 1 aromatic carbocycles. The Labute approximate surface area is 110 Å². The molecular weight excluding hydrogens is 253 g/mol. The van der Waals surface area contributed by atoms with Crippen LogP contribution >= 0.6 is 11.6 Å². The molecule has 0 amide bonds. The normalized spacial score (nSPS) is 10.4. The lowest BCUT2D eigenvalue weighted by atomic mass is 10.2. The molecule has 0 bridgehead atoms. The molecule has 18 heavy (non-hydrogen) atoms. The number of rotatable bonds is 3. The van der Waals surface area contributed by atoms with Crippen LogP contribution in [-0.4, -0.2) is 12.0 Å². The molecule has 1 heterocycles. The highest BCUT2D eigenvalue weighted by Crippen LogP contribution is 2.23. The topological polar surface area (TPSA) is 42.2 Å². The number of hydrogen-bond donors (Lipinski definition) is 1. The highest BCUT2D eigenvalue weighted by molar-refractivity contribution is 6.30. The van der Waals surface area contributed by atoms with E-state index < -0.39 is 0 Å². The number of nitrogens with zero attached hydrogens (tertiary/aromatic N) is 2. The molecule has 0 saturated carbocycles. The van der Waals surface area contributed by atoms with Crippen LogP contribution in [0.1, 0.15) is 5.56 Å². The fraction of sp³-hybridized carbons (Fsp3) is 0.154. The summed E-state index contributed by atoms with van der Waals surface area (Å²) < 4.78 is 12.8. The SMILES string of the molecule is CN(Cc1ccc(F)cc1)c1ncc(Cl)cc1N. The van der Waals surface area contributed by atoms with Crippen molar-refractivity contribution in [3.8, 4) is 0 Å². The van der Waals surface area contributed by atoms with Gasteiger partial charge in [0.2, 0.25) is 0 Å². The highest BCUT2D eigenvalue weighted by Gasteiger charge is 2.08. The Morgan fingerprint density at radius 3 is 2.61 bits per heavy atom. The maximum Gasteiger partial charge on any atom is 0.151 e. The van der Waals surface area contributed by atoms with Gasteiger partial charge in [0.05, 0.1) is 10.7 Å². The van der Waals surface area contributed by atoms with E-state index >= 15 is 0 Å². The quantitative estimate of drug-likeness (QED) is 0.927. The summed E-state index contributed by atoms with van der Waals surface area (Å²) >= 11 is 5.80. The lowest BCUT2D eigenvalue weighted by Crippen LogP contribution is -2.19. The van der Waals surface area contributed by atoms with Crippen molar-refractivity contribution in [2.75, 3.05) is 17.7 Å². The second kappa shape index (κ2) is 5.23. The van der Waals surface area contributed by atoms with Crippen LogP contribution in [0.25, 0.3) is 0 Å². The molecule has 0 atom stereocenters. The second-order valence-corrected chi connectivity index (χ2v) is 4.49. The Bertz CT molecular complexity index is 542. The van der Waals surface area contributed by atoms with Crippen LogP contribution in [0.4, 0.5) is 15.9 Å². The Kier molecular flexibility index (Phi) is 3.67. The van der Waals surface area contributed by atoms with E-state index in [-0.39, 0.29) is 5.82 Å². The molecule has 0 aliphatic heterocycles. The summed E-state index contributed by atoms with van der Waals surface area (Å²) in [6, 6.07) is 7.99. The van der Waals surface area contributed by atoms with Gasteiger partial charge >= 0.3 is 0 Å². The first-order valence-corrected chi connectivity index (χ1v) is 5.80. The first kappa shape index (κ1) is 12.6. The molecule has 0 spiro atoms. The molecule has 0 aliphatic carbocycles. The molecule has 0 radical (unpaired) electrons. The van der Waals surface area contributed by atoms with Crippen molar-refractivity contribution in [3.05, 3.63) is 52.9 Å². The van der Waals surface area contributed by atoms with Crippen molar-refractivity contribution in [2.24, 2.45) is 0 Å². The van der Waals surface area contributed by atoms with Crippen LogP contribution in [0.2, 0.25) is 5.02 Å². The van der Waals surface area contributed by atoms with E-state index in [1.54, 1.807) is 24.4 Å². The first-order chi connectivity index (χ1) is 8.56. The number of halogens is 2. The minimum atomic E-state index is -0.245. The third-order valence-corrected chi connectivity index (χ3v) is 2.76. The Morgan fingerprint density at radius 1 is 1.33 bits per heavy atom. The predicted octanol–water partition coefficient (Wildman–Crippen LogP) is 3.09. The van der Waals surface area contributed by atoms with Gasteiger partial charge in [0.25, 0.3) is 0 Å². The molecular formula is C13H13ClFN3. The van der Waals surface area contributed by atoms with Gasteiger partial charge in [-0.15, -0.1) is 0 Å². The molecule has 0 unspecified atom stereocenters. The molecule has 5 heteroatoms. The van der Waals surface area contributed by atoms with Crippen LogP contribution in [0, 0.1) is 5.82 Å². The van der Waals surface area contributed by atoms with Gasteiger partial charge in [0.15, 0.2) is 5.82 Å². The molecule has 2 N–H and O–H groups in total. The summed E-state index contributed by atoms with van der Waals surface area (Å²) in [6.45, 7) is 0.596. The van der Waals surface area contributed by atoms with E-state index in [1.165, 1.54) is 12.1 Å². The first-order valence-electron chi connectivity index (χ1n) is 5.43. The van der Waals surface area contributed by atoms with Gasteiger partial charge < -0.3 is 10.6 Å². The summed E-state index contributed by atoms with van der Waals surface area (Å²) in [5.41, 5.74) is 7.35. The number of anilines is 2. The van der Waals surface area contributed by atoms with Crippen molar-refractivity contribution < 1.29 is 4.39 Å². The van der Waals surface area contributed by atoms with E-state index in [9.17, 15) is 4.39 Å². The van der Waals surface area contributed by atoms with Crippen molar-refractivity contribution >= 4 is 23.1 Å². The Balaban J connectivity index is 2.16. The van der Waals surface area contributed by atoms with Gasteiger partial charge in [-0.05, 0) is 23.8 Å². The van der Waals surface area contributed by atoms with E-state index in [2.05, 4.69) is 4.98 Å². The minimum Gasteiger partial charge on any atom is -0.396 e. The van der Waals surface area contributed by atoms with Gasteiger partial charge in [-0.2, -0.15) is 0 Å². The summed E-state index contributed by atoms with van der Waals surface area (Å²) in [5.74, 6) is 0.411.